The molecule has 336 valence electrons. The first-order valence-corrected chi connectivity index (χ1v) is 22.0. The number of hydrogen-bond donors (Lipinski definition) is 3. The highest BCUT2D eigenvalue weighted by molar-refractivity contribution is 5.80. The van der Waals surface area contributed by atoms with E-state index in [-0.39, 0.29) is 25.0 Å². The van der Waals surface area contributed by atoms with Crippen molar-refractivity contribution in [1.29, 1.82) is 0 Å². The molecule has 1 atom stereocenters. The van der Waals surface area contributed by atoms with Crippen LogP contribution in [0.2, 0.25) is 0 Å². The number of rotatable bonds is 28. The summed E-state index contributed by atoms with van der Waals surface area (Å²) in [5.74, 6) is 3.96. The Kier molecular flexibility index (Phi) is 20.3. The van der Waals surface area contributed by atoms with Crippen LogP contribution >= 0.6 is 0 Å². The first kappa shape index (κ1) is 47.0. The van der Waals surface area contributed by atoms with Crippen LogP contribution in [-0.4, -0.2) is 178 Å². The number of amides is 2. The summed E-state index contributed by atoms with van der Waals surface area (Å²) in [6.07, 6.45) is 17.3. The van der Waals surface area contributed by atoms with Gasteiger partial charge in [-0.1, -0.05) is 29.7 Å². The van der Waals surface area contributed by atoms with Crippen molar-refractivity contribution in [1.82, 2.24) is 54.7 Å². The molecule has 2 saturated heterocycles. The number of piperazine rings is 2. The molecule has 3 aromatic heterocycles. The fourth-order valence-corrected chi connectivity index (χ4v) is 7.09. The van der Waals surface area contributed by atoms with E-state index >= 15 is 0 Å². The third-order valence-electron chi connectivity index (χ3n) is 10.6. The van der Waals surface area contributed by atoms with Crippen molar-refractivity contribution >= 4 is 29.7 Å². The van der Waals surface area contributed by atoms with Crippen molar-refractivity contribution < 1.29 is 35.3 Å². The van der Waals surface area contributed by atoms with Gasteiger partial charge in [0, 0.05) is 71.3 Å². The summed E-state index contributed by atoms with van der Waals surface area (Å²) < 4.78 is 19.9. The zero-order valence-electron chi connectivity index (χ0n) is 36.2. The second-order valence-corrected chi connectivity index (χ2v) is 15.2. The molecule has 7 N–H and O–H groups in total. The second kappa shape index (κ2) is 26.4. The number of carbonyl (C=O) groups is 2. The van der Waals surface area contributed by atoms with Gasteiger partial charge in [0.25, 0.3) is 0 Å². The quantitative estimate of drug-likeness (QED) is 0.0569. The number of ether oxygens (including phenoxy) is 3. The van der Waals surface area contributed by atoms with Crippen molar-refractivity contribution in [3.05, 3.63) is 23.8 Å². The average Bonchev–Trinajstić information content (AvgIpc) is 3.95. The second-order valence-electron chi connectivity index (χ2n) is 15.2. The molecular formula is C40H68N16O5+2. The molecule has 5 heterocycles. The molecule has 2 aliphatic rings. The maximum atomic E-state index is 14.1. The van der Waals surface area contributed by atoms with Crippen LogP contribution < -0.4 is 26.6 Å². The fraction of sp³-hybridized carbons (Fsp3) is 0.725. The Labute approximate surface area is 359 Å². The number of nitrogens with one attached hydrogen (secondary N) is 1. The van der Waals surface area contributed by atoms with Crippen LogP contribution in [0.15, 0.2) is 12.4 Å². The smallest absolute Gasteiger partial charge is 0.247 e. The van der Waals surface area contributed by atoms with E-state index in [0.29, 0.717) is 116 Å². The van der Waals surface area contributed by atoms with Gasteiger partial charge < -0.3 is 50.6 Å². The minimum atomic E-state index is -0.407. The summed E-state index contributed by atoms with van der Waals surface area (Å²) >= 11 is 0. The van der Waals surface area contributed by atoms with Crippen LogP contribution in [-0.2, 0) is 43.2 Å². The molecule has 3 aromatic rings. The maximum Gasteiger partial charge on any atom is 0.247 e. The largest absolute Gasteiger partial charge is 0.377 e. The van der Waals surface area contributed by atoms with Crippen molar-refractivity contribution in [3.63, 3.8) is 0 Å². The molecule has 21 nitrogen and oxygen atoms in total. The third kappa shape index (κ3) is 15.4. The van der Waals surface area contributed by atoms with E-state index in [1.807, 2.05) is 22.2 Å². The lowest BCUT2D eigenvalue weighted by Crippen LogP contribution is -2.52. The van der Waals surface area contributed by atoms with Crippen LogP contribution in [0.1, 0.15) is 69.3 Å². The van der Waals surface area contributed by atoms with E-state index in [0.717, 1.165) is 75.8 Å². The van der Waals surface area contributed by atoms with Crippen LogP contribution in [0.5, 0.6) is 0 Å². The van der Waals surface area contributed by atoms with E-state index in [4.69, 9.17) is 35.6 Å². The Morgan fingerprint density at radius 3 is 2.03 bits per heavy atom. The lowest BCUT2D eigenvalue weighted by atomic mass is 10.1. The summed E-state index contributed by atoms with van der Waals surface area (Å²) in [6.45, 7) is 11.2. The lowest BCUT2D eigenvalue weighted by molar-refractivity contribution is -0.368. The van der Waals surface area contributed by atoms with Gasteiger partial charge in [-0.3, -0.25) is 9.59 Å². The fourth-order valence-electron chi connectivity index (χ4n) is 7.09. The highest BCUT2D eigenvalue weighted by atomic mass is 16.5. The van der Waals surface area contributed by atoms with Crippen molar-refractivity contribution in [2.75, 3.05) is 127 Å². The van der Waals surface area contributed by atoms with Crippen molar-refractivity contribution in [2.24, 2.45) is 0 Å². The van der Waals surface area contributed by atoms with Gasteiger partial charge in [0.05, 0.1) is 57.5 Å². The molecule has 2 fully saturated rings. The Hall–Kier alpha value is -5.01. The number of terminal acetylenes is 1. The molecule has 0 unspecified atom stereocenters. The number of quaternary nitrogens is 2. The molecule has 0 saturated carbocycles. The molecule has 21 heteroatoms. The third-order valence-corrected chi connectivity index (χ3v) is 10.6. The van der Waals surface area contributed by atoms with Gasteiger partial charge in [-0.25, -0.2) is 9.36 Å². The zero-order valence-corrected chi connectivity index (χ0v) is 36.2. The molecule has 0 bridgehead atoms. The molecule has 0 aliphatic carbocycles. The van der Waals surface area contributed by atoms with Crippen LogP contribution in [0.25, 0.3) is 0 Å². The molecular weight excluding hydrogens is 785 g/mol. The molecule has 5 rings (SSSR count). The summed E-state index contributed by atoms with van der Waals surface area (Å²) in [5.41, 5.74) is 9.69. The maximum absolute atomic E-state index is 14.1. The Balaban J connectivity index is 1.19. The first-order chi connectivity index (χ1) is 29.9. The van der Waals surface area contributed by atoms with Gasteiger partial charge in [-0.2, -0.15) is 15.0 Å². The molecule has 0 spiro atoms. The lowest BCUT2D eigenvalue weighted by Gasteiger charge is -2.37. The SMILES string of the molecule is C#CCOCCOCCOCCNc1nc(N2CCN(C(=O)Cn3cc(CCCC[NH3+])nn3)CC2)nc(N2CCN(C(=O)[C@H](CCCC[NH3+])n3cc(CCCC)nn3)CC2)n1. The predicted octanol–water partition coefficient (Wildman–Crippen LogP) is -1.29. The number of nitrogens with zero attached hydrogens (tertiary/aromatic N) is 13. The van der Waals surface area contributed by atoms with Gasteiger partial charge in [0.15, 0.2) is 0 Å². The van der Waals surface area contributed by atoms with Crippen molar-refractivity contribution in [3.8, 4) is 12.3 Å². The number of aryl methyl sites for hydroxylation is 2. The van der Waals surface area contributed by atoms with E-state index < -0.39 is 6.04 Å². The van der Waals surface area contributed by atoms with Gasteiger partial charge >= 0.3 is 0 Å². The number of anilines is 3. The zero-order chi connectivity index (χ0) is 43.1. The predicted molar refractivity (Wildman–Crippen MR) is 227 cm³/mol. The first-order valence-electron chi connectivity index (χ1n) is 22.0. The summed E-state index contributed by atoms with van der Waals surface area (Å²) in [7, 11) is 0. The summed E-state index contributed by atoms with van der Waals surface area (Å²) in [5, 5.41) is 20.5. The highest BCUT2D eigenvalue weighted by Crippen LogP contribution is 2.23. The normalized spacial score (nSPS) is 15.0. The van der Waals surface area contributed by atoms with Gasteiger partial charge in [-0.15, -0.1) is 16.6 Å². The number of aromatic nitrogens is 9. The Morgan fingerprint density at radius 1 is 0.754 bits per heavy atom. The van der Waals surface area contributed by atoms with E-state index in [1.165, 1.54) is 0 Å². The molecule has 0 radical (unpaired) electrons. The topological polar surface area (TPSA) is 242 Å². The highest BCUT2D eigenvalue weighted by Gasteiger charge is 2.31. The van der Waals surface area contributed by atoms with Gasteiger partial charge in [-0.05, 0) is 51.4 Å². The molecule has 2 aliphatic heterocycles. The van der Waals surface area contributed by atoms with Gasteiger partial charge in [0.1, 0.15) is 19.2 Å². The number of carbonyl (C=O) groups excluding carboxylic acids is 2. The molecule has 2 amide bonds. The number of hydrogen-bond acceptors (Lipinski definition) is 15. The van der Waals surface area contributed by atoms with Gasteiger partial charge in [0.2, 0.25) is 29.7 Å². The number of unbranched alkanes of at least 4 members (excludes halogenated alkanes) is 3. The minimum absolute atomic E-state index is 0.00652. The molecule has 61 heavy (non-hydrogen) atoms. The van der Waals surface area contributed by atoms with Crippen LogP contribution in [0.4, 0.5) is 17.8 Å². The average molecular weight is 853 g/mol. The summed E-state index contributed by atoms with van der Waals surface area (Å²) in [6, 6.07) is -0.407. The van der Waals surface area contributed by atoms with E-state index in [1.54, 1.807) is 9.36 Å². The molecule has 0 aromatic carbocycles. The summed E-state index contributed by atoms with van der Waals surface area (Å²) in [4.78, 5) is 49.8. The Morgan fingerprint density at radius 2 is 1.36 bits per heavy atom. The standard InChI is InChI=1S/C40H66N16O5/c1-3-5-10-34-31-56(50-48-34)35(12-7-9-14-42)37(58)52-18-22-54(23-19-52)40-45-38(43-15-25-60-27-29-61-28-26-59-24-4-2)44-39(46-40)53-20-16-51(17-21-53)36(57)32-55-30-33(47-49-55)11-6-8-13-41/h2,30-31,35H,3,5-29,32,41-42H2,1H3,(H,43,44,45,46)/p+2/t35-/m0/s1. The van der Waals surface area contributed by atoms with Crippen molar-refractivity contribution in [2.45, 2.75) is 77.3 Å². The van der Waals surface area contributed by atoms with E-state index in [9.17, 15) is 9.59 Å². The Bertz CT molecular complexity index is 1770. The van der Waals surface area contributed by atoms with Crippen LogP contribution in [0.3, 0.4) is 0 Å². The van der Waals surface area contributed by atoms with E-state index in [2.05, 4.69) is 60.1 Å². The minimum Gasteiger partial charge on any atom is -0.377 e. The monoisotopic (exact) mass is 853 g/mol. The van der Waals surface area contributed by atoms with Crippen LogP contribution in [0, 0.1) is 12.3 Å².